The number of amides is 1. The molecule has 1 fully saturated rings. The van der Waals surface area contributed by atoms with Crippen molar-refractivity contribution in [3.8, 4) is 0 Å². The summed E-state index contributed by atoms with van der Waals surface area (Å²) in [5.41, 5.74) is 1.58. The summed E-state index contributed by atoms with van der Waals surface area (Å²) in [6.07, 6.45) is 5.08. The van der Waals surface area contributed by atoms with Crippen LogP contribution in [0.5, 0.6) is 0 Å². The van der Waals surface area contributed by atoms with Gasteiger partial charge in [-0.3, -0.25) is 9.78 Å². The minimum absolute atomic E-state index is 0.0451. The zero-order chi connectivity index (χ0) is 15.6. The van der Waals surface area contributed by atoms with Gasteiger partial charge in [-0.2, -0.15) is 0 Å². The lowest BCUT2D eigenvalue weighted by molar-refractivity contribution is 0.0746. The summed E-state index contributed by atoms with van der Waals surface area (Å²) < 4.78 is 0. The van der Waals surface area contributed by atoms with Gasteiger partial charge in [0.25, 0.3) is 5.91 Å². The van der Waals surface area contributed by atoms with E-state index >= 15 is 0 Å². The Labute approximate surface area is 137 Å². The van der Waals surface area contributed by atoms with Gasteiger partial charge < -0.3 is 9.80 Å². The van der Waals surface area contributed by atoms with E-state index in [1.165, 1.54) is 0 Å². The molecular weight excluding hydrogens is 310 g/mol. The molecule has 0 N–H and O–H groups in total. The number of aromatic nitrogens is 3. The van der Waals surface area contributed by atoms with Crippen molar-refractivity contribution < 1.29 is 4.79 Å². The highest BCUT2D eigenvalue weighted by atomic mass is 32.1. The van der Waals surface area contributed by atoms with Gasteiger partial charge >= 0.3 is 0 Å². The fourth-order valence-electron chi connectivity index (χ4n) is 2.67. The summed E-state index contributed by atoms with van der Waals surface area (Å²) in [6, 6.07) is 7.47. The van der Waals surface area contributed by atoms with Crippen LogP contribution in [0.3, 0.4) is 0 Å². The van der Waals surface area contributed by atoms with Crippen molar-refractivity contribution >= 4 is 32.7 Å². The normalized spacial score (nSPS) is 15.1. The number of rotatable bonds is 2. The lowest BCUT2D eigenvalue weighted by Crippen LogP contribution is -2.48. The fraction of sp³-hybridized carbons (Fsp3) is 0.250. The molecule has 3 aromatic heterocycles. The van der Waals surface area contributed by atoms with Crippen LogP contribution in [0.15, 0.2) is 42.9 Å². The van der Waals surface area contributed by atoms with E-state index in [9.17, 15) is 4.79 Å². The average Bonchev–Trinajstić information content (AvgIpc) is 3.06. The average molecular weight is 325 g/mol. The number of nitrogens with zero attached hydrogens (tertiary/aromatic N) is 5. The van der Waals surface area contributed by atoms with Crippen LogP contribution in [0.1, 0.15) is 10.4 Å². The number of hydrogen-bond acceptors (Lipinski definition) is 6. The zero-order valence-electron chi connectivity index (χ0n) is 12.4. The third-order valence-corrected chi connectivity index (χ3v) is 4.94. The van der Waals surface area contributed by atoms with E-state index in [1.807, 2.05) is 17.0 Å². The monoisotopic (exact) mass is 325 g/mol. The van der Waals surface area contributed by atoms with Crippen molar-refractivity contribution in [1.29, 1.82) is 0 Å². The number of carbonyl (C=O) groups excluding carboxylic acids is 1. The zero-order valence-corrected chi connectivity index (χ0v) is 13.2. The first-order chi connectivity index (χ1) is 11.3. The predicted molar refractivity (Wildman–Crippen MR) is 89.8 cm³/mol. The van der Waals surface area contributed by atoms with Crippen LogP contribution in [-0.2, 0) is 0 Å². The maximum absolute atomic E-state index is 12.4. The number of pyridine rings is 2. The molecule has 0 unspecified atom stereocenters. The Morgan fingerprint density at radius 3 is 2.65 bits per heavy atom. The Hall–Kier alpha value is -2.54. The van der Waals surface area contributed by atoms with E-state index < -0.39 is 0 Å². The second kappa shape index (κ2) is 5.92. The first kappa shape index (κ1) is 14.1. The SMILES string of the molecule is O=C(c1cccnc1)N1CCN(c2nc3cccnc3s2)CC1. The molecule has 0 atom stereocenters. The Bertz CT molecular complexity index is 794. The molecule has 6 nitrogen and oxygen atoms in total. The van der Waals surface area contributed by atoms with Gasteiger partial charge in [-0.05, 0) is 24.3 Å². The number of hydrogen-bond donors (Lipinski definition) is 0. The Balaban J connectivity index is 1.45. The minimum atomic E-state index is 0.0451. The first-order valence-electron chi connectivity index (χ1n) is 7.47. The van der Waals surface area contributed by atoms with Crippen LogP contribution in [0.2, 0.25) is 0 Å². The second-order valence-electron chi connectivity index (χ2n) is 5.35. The van der Waals surface area contributed by atoms with Gasteiger partial charge in [-0.15, -0.1) is 0 Å². The molecule has 1 saturated heterocycles. The van der Waals surface area contributed by atoms with Crippen molar-refractivity contribution in [2.75, 3.05) is 31.1 Å². The summed E-state index contributed by atoms with van der Waals surface area (Å²) in [4.78, 5) is 30.5. The number of fused-ring (bicyclic) bond motifs is 1. The van der Waals surface area contributed by atoms with E-state index in [2.05, 4.69) is 19.9 Å². The molecule has 4 heterocycles. The van der Waals surface area contributed by atoms with E-state index in [1.54, 1.807) is 42.1 Å². The van der Waals surface area contributed by atoms with E-state index in [-0.39, 0.29) is 5.91 Å². The molecule has 3 aromatic rings. The highest BCUT2D eigenvalue weighted by Gasteiger charge is 2.24. The topological polar surface area (TPSA) is 62.2 Å². The molecule has 0 aromatic carbocycles. The van der Waals surface area contributed by atoms with Crippen LogP contribution in [-0.4, -0.2) is 51.9 Å². The molecule has 116 valence electrons. The fourth-order valence-corrected chi connectivity index (χ4v) is 3.63. The molecule has 0 bridgehead atoms. The van der Waals surface area contributed by atoms with Crippen molar-refractivity contribution in [3.63, 3.8) is 0 Å². The maximum atomic E-state index is 12.4. The highest BCUT2D eigenvalue weighted by molar-refractivity contribution is 7.21. The molecule has 1 aliphatic heterocycles. The Morgan fingerprint density at radius 2 is 1.91 bits per heavy atom. The Morgan fingerprint density at radius 1 is 1.09 bits per heavy atom. The Kier molecular flexibility index (Phi) is 3.63. The summed E-state index contributed by atoms with van der Waals surface area (Å²) >= 11 is 1.60. The van der Waals surface area contributed by atoms with Gasteiger partial charge in [0.1, 0.15) is 10.3 Å². The molecule has 1 aliphatic rings. The summed E-state index contributed by atoms with van der Waals surface area (Å²) in [5, 5.41) is 0.979. The van der Waals surface area contributed by atoms with Gasteiger partial charge in [0, 0.05) is 44.8 Å². The molecule has 0 aliphatic carbocycles. The predicted octanol–water partition coefficient (Wildman–Crippen LogP) is 2.05. The second-order valence-corrected chi connectivity index (χ2v) is 6.30. The number of anilines is 1. The third-order valence-electron chi connectivity index (χ3n) is 3.90. The third kappa shape index (κ3) is 2.75. The van der Waals surface area contributed by atoms with Gasteiger partial charge in [0.15, 0.2) is 5.13 Å². The van der Waals surface area contributed by atoms with Crippen LogP contribution in [0.25, 0.3) is 10.3 Å². The molecule has 4 rings (SSSR count). The number of thiazole rings is 1. The lowest BCUT2D eigenvalue weighted by Gasteiger charge is -2.34. The van der Waals surface area contributed by atoms with Crippen molar-refractivity contribution in [1.82, 2.24) is 19.9 Å². The molecular formula is C16H15N5OS. The summed E-state index contributed by atoms with van der Waals surface area (Å²) in [7, 11) is 0. The van der Waals surface area contributed by atoms with Crippen LogP contribution >= 0.6 is 11.3 Å². The molecule has 23 heavy (non-hydrogen) atoms. The molecule has 0 saturated carbocycles. The van der Waals surface area contributed by atoms with Crippen molar-refractivity contribution in [2.24, 2.45) is 0 Å². The smallest absolute Gasteiger partial charge is 0.255 e. The van der Waals surface area contributed by atoms with E-state index in [4.69, 9.17) is 0 Å². The first-order valence-corrected chi connectivity index (χ1v) is 8.29. The van der Waals surface area contributed by atoms with Crippen molar-refractivity contribution in [3.05, 3.63) is 48.4 Å². The standard InChI is InChI=1S/C16H15N5OS/c22-15(12-3-1-5-17-11-12)20-7-9-21(10-8-20)16-19-13-4-2-6-18-14(13)23-16/h1-6,11H,7-10H2. The number of carbonyl (C=O) groups is 1. The molecule has 0 spiro atoms. The largest absolute Gasteiger partial charge is 0.344 e. The quantitative estimate of drug-likeness (QED) is 0.721. The van der Waals surface area contributed by atoms with Crippen molar-refractivity contribution in [2.45, 2.75) is 0 Å². The van der Waals surface area contributed by atoms with Crippen LogP contribution in [0, 0.1) is 0 Å². The van der Waals surface area contributed by atoms with Gasteiger partial charge in [0.05, 0.1) is 5.56 Å². The number of piperazine rings is 1. The summed E-state index contributed by atoms with van der Waals surface area (Å²) in [5.74, 6) is 0.0451. The van der Waals surface area contributed by atoms with E-state index in [0.717, 1.165) is 28.6 Å². The lowest BCUT2D eigenvalue weighted by atomic mass is 10.2. The molecule has 7 heteroatoms. The van der Waals surface area contributed by atoms with Gasteiger partial charge in [0.2, 0.25) is 0 Å². The highest BCUT2D eigenvalue weighted by Crippen LogP contribution is 2.27. The van der Waals surface area contributed by atoms with Crippen LogP contribution < -0.4 is 4.90 Å². The summed E-state index contributed by atoms with van der Waals surface area (Å²) in [6.45, 7) is 2.95. The van der Waals surface area contributed by atoms with Crippen LogP contribution in [0.4, 0.5) is 5.13 Å². The minimum Gasteiger partial charge on any atom is -0.344 e. The van der Waals surface area contributed by atoms with Gasteiger partial charge in [-0.1, -0.05) is 11.3 Å². The maximum Gasteiger partial charge on any atom is 0.255 e. The molecule has 1 amide bonds. The molecule has 0 radical (unpaired) electrons. The van der Waals surface area contributed by atoms with E-state index in [0.29, 0.717) is 18.7 Å². The van der Waals surface area contributed by atoms with Gasteiger partial charge in [-0.25, -0.2) is 9.97 Å².